The third-order valence-corrected chi connectivity index (χ3v) is 15.8. The number of allylic oxidation sites excluding steroid dienone is 12. The molecule has 0 aliphatic heterocycles. The third-order valence-electron chi connectivity index (χ3n) is 9.05. The van der Waals surface area contributed by atoms with Crippen LogP contribution >= 0.6 is 0 Å². The molecular formula is C36H44Si2. The molecule has 196 valence electrons. The van der Waals surface area contributed by atoms with Crippen LogP contribution in [0.3, 0.4) is 0 Å². The van der Waals surface area contributed by atoms with E-state index in [1.165, 1.54) is 39.0 Å². The normalized spacial score (nSPS) is 23.3. The maximum absolute atomic E-state index is 2.62. The van der Waals surface area contributed by atoms with Gasteiger partial charge in [0, 0.05) is 11.5 Å². The Labute approximate surface area is 233 Å². The van der Waals surface area contributed by atoms with Gasteiger partial charge in [-0.25, -0.2) is 0 Å². The molecule has 0 fully saturated rings. The van der Waals surface area contributed by atoms with Gasteiger partial charge in [-0.3, -0.25) is 0 Å². The summed E-state index contributed by atoms with van der Waals surface area (Å²) < 4.78 is 0. The molecular weight excluding hydrogens is 489 g/mol. The SMILES string of the molecule is CC1=CC(c2ccccc2)=CC1[Si](C)(C)C1C(C)=CC2=C1C=CC=CC2c1cc(C)c([Si](C)(C)C)c(C)c1. The first-order valence-corrected chi connectivity index (χ1v) is 20.9. The average Bonchev–Trinajstić information content (AvgIpc) is 3.32. The Morgan fingerprint density at radius 2 is 1.37 bits per heavy atom. The second-order valence-corrected chi connectivity index (χ2v) is 23.3. The lowest BCUT2D eigenvalue weighted by molar-refractivity contribution is 0.996. The van der Waals surface area contributed by atoms with Crippen molar-refractivity contribution >= 4 is 26.9 Å². The lowest BCUT2D eigenvalue weighted by atomic mass is 9.88. The van der Waals surface area contributed by atoms with Crippen LogP contribution in [0.1, 0.15) is 42.0 Å². The van der Waals surface area contributed by atoms with E-state index in [0.29, 0.717) is 17.0 Å². The summed E-state index contributed by atoms with van der Waals surface area (Å²) in [6, 6.07) is 15.9. The second-order valence-electron chi connectivity index (χ2n) is 13.4. The van der Waals surface area contributed by atoms with Gasteiger partial charge in [0.15, 0.2) is 0 Å². The number of hydrogen-bond donors (Lipinski definition) is 0. The minimum Gasteiger partial charge on any atom is -0.0726 e. The minimum atomic E-state index is -1.80. The number of hydrogen-bond acceptors (Lipinski definition) is 0. The summed E-state index contributed by atoms with van der Waals surface area (Å²) in [5.74, 6) is 0.313. The van der Waals surface area contributed by atoms with Gasteiger partial charge in [0.25, 0.3) is 0 Å². The molecule has 0 radical (unpaired) electrons. The van der Waals surface area contributed by atoms with Crippen molar-refractivity contribution in [2.75, 3.05) is 0 Å². The Bertz CT molecular complexity index is 1430. The van der Waals surface area contributed by atoms with Crippen molar-refractivity contribution < 1.29 is 0 Å². The maximum Gasteiger partial charge on any atom is 0.0782 e. The van der Waals surface area contributed by atoms with Gasteiger partial charge in [0.05, 0.1) is 16.1 Å². The zero-order valence-corrected chi connectivity index (χ0v) is 26.8. The molecule has 0 aromatic heterocycles. The van der Waals surface area contributed by atoms with Gasteiger partial charge in [-0.15, -0.1) is 0 Å². The first kappa shape index (κ1) is 26.9. The second kappa shape index (κ2) is 9.81. The zero-order chi connectivity index (χ0) is 27.4. The fourth-order valence-corrected chi connectivity index (χ4v) is 14.9. The molecule has 2 aromatic carbocycles. The van der Waals surface area contributed by atoms with Crippen LogP contribution in [0.15, 0.2) is 107 Å². The first-order valence-electron chi connectivity index (χ1n) is 14.2. The highest BCUT2D eigenvalue weighted by Crippen LogP contribution is 2.55. The highest BCUT2D eigenvalue weighted by atomic mass is 28.3. The molecule has 0 bridgehead atoms. The Morgan fingerprint density at radius 3 is 2.00 bits per heavy atom. The van der Waals surface area contributed by atoms with Crippen molar-refractivity contribution in [2.24, 2.45) is 0 Å². The fraction of sp³-hybridized carbons (Fsp3) is 0.333. The fourth-order valence-electron chi connectivity index (χ4n) is 7.85. The van der Waals surface area contributed by atoms with Crippen molar-refractivity contribution in [2.45, 2.75) is 77.4 Å². The molecule has 0 N–H and O–H groups in total. The van der Waals surface area contributed by atoms with Gasteiger partial charge in [0.2, 0.25) is 0 Å². The molecule has 3 atom stereocenters. The van der Waals surface area contributed by atoms with E-state index in [0.717, 1.165) is 0 Å². The minimum absolute atomic E-state index is 0.313. The van der Waals surface area contributed by atoms with E-state index < -0.39 is 16.1 Å². The molecule has 38 heavy (non-hydrogen) atoms. The lowest BCUT2D eigenvalue weighted by Crippen LogP contribution is -2.41. The zero-order valence-electron chi connectivity index (χ0n) is 24.8. The Balaban J connectivity index is 1.55. The summed E-state index contributed by atoms with van der Waals surface area (Å²) in [6.45, 7) is 22.1. The van der Waals surface area contributed by atoms with Crippen LogP contribution in [0, 0.1) is 13.8 Å². The summed E-state index contributed by atoms with van der Waals surface area (Å²) in [5.41, 5.74) is 14.4. The van der Waals surface area contributed by atoms with Crippen LogP contribution in [0.4, 0.5) is 0 Å². The first-order chi connectivity index (χ1) is 17.9. The monoisotopic (exact) mass is 532 g/mol. The third kappa shape index (κ3) is 4.67. The molecule has 5 rings (SSSR count). The van der Waals surface area contributed by atoms with Gasteiger partial charge in [0.1, 0.15) is 0 Å². The van der Waals surface area contributed by atoms with Gasteiger partial charge >= 0.3 is 0 Å². The standard InChI is InChI=1S/C36H44Si2/c1-24-19-29(28-15-11-10-12-16-28)23-34(24)38(8,9)36-27(4)22-33-31(17-13-14-18-32(33)36)30-20-25(2)35(26(3)21-30)37(5,6)7/h10-23,31,34,36H,1-9H3. The molecule has 3 aliphatic carbocycles. The summed E-state index contributed by atoms with van der Waals surface area (Å²) in [4.78, 5) is 0. The van der Waals surface area contributed by atoms with E-state index in [2.05, 4.69) is 145 Å². The van der Waals surface area contributed by atoms with Gasteiger partial charge in [-0.1, -0.05) is 145 Å². The van der Waals surface area contributed by atoms with E-state index in [9.17, 15) is 0 Å². The molecule has 0 nitrogen and oxygen atoms in total. The molecule has 0 spiro atoms. The molecule has 0 saturated heterocycles. The molecule has 2 heteroatoms. The summed E-state index contributed by atoms with van der Waals surface area (Å²) in [5, 5.41) is 1.63. The molecule has 3 unspecified atom stereocenters. The highest BCUT2D eigenvalue weighted by Gasteiger charge is 2.45. The predicted octanol–water partition coefficient (Wildman–Crippen LogP) is 9.81. The van der Waals surface area contributed by atoms with Crippen LogP contribution in [-0.2, 0) is 0 Å². The van der Waals surface area contributed by atoms with Crippen molar-refractivity contribution in [3.63, 3.8) is 0 Å². The smallest absolute Gasteiger partial charge is 0.0726 e. The Kier molecular flexibility index (Phi) is 6.94. The Morgan fingerprint density at radius 1 is 0.711 bits per heavy atom. The molecule has 0 amide bonds. The average molecular weight is 533 g/mol. The maximum atomic E-state index is 2.62. The van der Waals surface area contributed by atoms with Crippen LogP contribution in [0.5, 0.6) is 0 Å². The number of rotatable bonds is 5. The topological polar surface area (TPSA) is 0 Å². The molecule has 0 saturated carbocycles. The van der Waals surface area contributed by atoms with E-state index >= 15 is 0 Å². The van der Waals surface area contributed by atoms with E-state index in [4.69, 9.17) is 0 Å². The van der Waals surface area contributed by atoms with Crippen LogP contribution < -0.4 is 5.19 Å². The van der Waals surface area contributed by atoms with E-state index in [-0.39, 0.29) is 0 Å². The number of benzene rings is 2. The van der Waals surface area contributed by atoms with Crippen molar-refractivity contribution in [1.29, 1.82) is 0 Å². The van der Waals surface area contributed by atoms with Crippen LogP contribution in [0.2, 0.25) is 43.8 Å². The molecule has 0 heterocycles. The van der Waals surface area contributed by atoms with Crippen LogP contribution in [-0.4, -0.2) is 16.1 Å². The summed E-state index contributed by atoms with van der Waals surface area (Å²) in [6.07, 6.45) is 17.0. The predicted molar refractivity (Wildman–Crippen MR) is 174 cm³/mol. The van der Waals surface area contributed by atoms with E-state index in [1.807, 2.05) is 0 Å². The highest BCUT2D eigenvalue weighted by molar-refractivity contribution is 6.89. The van der Waals surface area contributed by atoms with E-state index in [1.54, 1.807) is 16.3 Å². The van der Waals surface area contributed by atoms with Crippen molar-refractivity contribution in [1.82, 2.24) is 0 Å². The summed E-state index contributed by atoms with van der Waals surface area (Å²) in [7, 11) is -3.19. The quantitative estimate of drug-likeness (QED) is 0.336. The largest absolute Gasteiger partial charge is 0.0782 e. The van der Waals surface area contributed by atoms with Crippen LogP contribution in [0.25, 0.3) is 5.57 Å². The van der Waals surface area contributed by atoms with Gasteiger partial charge in [-0.2, -0.15) is 0 Å². The number of aryl methyl sites for hydroxylation is 2. The summed E-state index contributed by atoms with van der Waals surface area (Å²) >= 11 is 0. The van der Waals surface area contributed by atoms with Gasteiger partial charge in [-0.05, 0) is 61.1 Å². The Hall–Kier alpha value is -2.69. The lowest BCUT2D eigenvalue weighted by Gasteiger charge is -2.38. The van der Waals surface area contributed by atoms with Crippen molar-refractivity contribution in [3.8, 4) is 0 Å². The van der Waals surface area contributed by atoms with Crippen molar-refractivity contribution in [3.05, 3.63) is 130 Å². The molecule has 3 aliphatic rings. The molecule has 2 aromatic rings. The van der Waals surface area contributed by atoms with Gasteiger partial charge < -0.3 is 0 Å².